The molecule has 84 valence electrons. The SMILES string of the molecule is CCC(C)(O)CNc1nc(N)cc(Br)n1. The van der Waals surface area contributed by atoms with Gasteiger partial charge in [0.1, 0.15) is 10.4 Å². The number of nitrogens with zero attached hydrogens (tertiary/aromatic N) is 2. The maximum Gasteiger partial charge on any atom is 0.225 e. The van der Waals surface area contributed by atoms with Crippen LogP contribution in [0.3, 0.4) is 0 Å². The second-order valence-electron chi connectivity index (χ2n) is 3.64. The molecule has 5 nitrogen and oxygen atoms in total. The molecule has 0 saturated carbocycles. The molecule has 6 heteroatoms. The van der Waals surface area contributed by atoms with E-state index in [0.29, 0.717) is 29.3 Å². The number of nitrogens with one attached hydrogen (secondary N) is 1. The minimum atomic E-state index is -0.763. The van der Waals surface area contributed by atoms with E-state index in [1.807, 2.05) is 6.92 Å². The molecule has 0 spiro atoms. The van der Waals surface area contributed by atoms with Crippen LogP contribution in [-0.2, 0) is 0 Å². The van der Waals surface area contributed by atoms with Crippen molar-refractivity contribution in [3.05, 3.63) is 10.7 Å². The molecule has 0 bridgehead atoms. The van der Waals surface area contributed by atoms with E-state index < -0.39 is 5.60 Å². The van der Waals surface area contributed by atoms with E-state index in [-0.39, 0.29) is 0 Å². The molecule has 1 rings (SSSR count). The lowest BCUT2D eigenvalue weighted by atomic mass is 10.0. The third kappa shape index (κ3) is 4.01. The quantitative estimate of drug-likeness (QED) is 0.723. The monoisotopic (exact) mass is 274 g/mol. The molecule has 0 saturated heterocycles. The highest BCUT2D eigenvalue weighted by molar-refractivity contribution is 9.10. The number of nitrogen functional groups attached to an aromatic ring is 1. The maximum atomic E-state index is 9.76. The number of aromatic nitrogens is 2. The van der Waals surface area contributed by atoms with Gasteiger partial charge in [-0.1, -0.05) is 6.92 Å². The second kappa shape index (κ2) is 4.76. The summed E-state index contributed by atoms with van der Waals surface area (Å²) >= 11 is 3.22. The average molecular weight is 275 g/mol. The lowest BCUT2D eigenvalue weighted by molar-refractivity contribution is 0.0695. The fourth-order valence-electron chi connectivity index (χ4n) is 0.909. The average Bonchev–Trinajstić information content (AvgIpc) is 2.14. The Hall–Kier alpha value is -0.880. The van der Waals surface area contributed by atoms with E-state index in [4.69, 9.17) is 5.73 Å². The first-order valence-corrected chi connectivity index (χ1v) is 5.48. The highest BCUT2D eigenvalue weighted by Gasteiger charge is 2.17. The van der Waals surface area contributed by atoms with Crippen LogP contribution in [-0.4, -0.2) is 27.2 Å². The lowest BCUT2D eigenvalue weighted by Gasteiger charge is -2.21. The molecule has 0 radical (unpaired) electrons. The third-order valence-corrected chi connectivity index (χ3v) is 2.51. The van der Waals surface area contributed by atoms with Gasteiger partial charge < -0.3 is 16.2 Å². The third-order valence-electron chi connectivity index (χ3n) is 2.10. The van der Waals surface area contributed by atoms with Crippen molar-refractivity contribution in [2.75, 3.05) is 17.6 Å². The summed E-state index contributed by atoms with van der Waals surface area (Å²) in [5.74, 6) is 0.797. The number of rotatable bonds is 4. The van der Waals surface area contributed by atoms with E-state index >= 15 is 0 Å². The highest BCUT2D eigenvalue weighted by Crippen LogP contribution is 2.14. The van der Waals surface area contributed by atoms with Gasteiger partial charge in [0.2, 0.25) is 5.95 Å². The smallest absolute Gasteiger partial charge is 0.225 e. The predicted octanol–water partition coefficient (Wildman–Crippen LogP) is 1.39. The summed E-state index contributed by atoms with van der Waals surface area (Å²) in [5, 5.41) is 12.7. The van der Waals surface area contributed by atoms with E-state index in [2.05, 4.69) is 31.2 Å². The van der Waals surface area contributed by atoms with Crippen molar-refractivity contribution in [1.29, 1.82) is 0 Å². The predicted molar refractivity (Wildman–Crippen MR) is 63.5 cm³/mol. The normalized spacial score (nSPS) is 14.7. The largest absolute Gasteiger partial charge is 0.388 e. The Kier molecular flexibility index (Phi) is 3.87. The molecule has 1 aromatic rings. The van der Waals surface area contributed by atoms with Gasteiger partial charge in [-0.25, -0.2) is 4.98 Å². The topological polar surface area (TPSA) is 84.1 Å². The van der Waals surface area contributed by atoms with Gasteiger partial charge in [0, 0.05) is 12.6 Å². The van der Waals surface area contributed by atoms with Crippen LogP contribution in [0.15, 0.2) is 10.7 Å². The summed E-state index contributed by atoms with van der Waals surface area (Å²) in [6.07, 6.45) is 0.656. The molecule has 0 aromatic carbocycles. The Labute approximate surface area is 97.2 Å². The van der Waals surface area contributed by atoms with Crippen LogP contribution in [0, 0.1) is 0 Å². The van der Waals surface area contributed by atoms with Crippen molar-refractivity contribution in [3.8, 4) is 0 Å². The minimum absolute atomic E-state index is 0.385. The molecule has 0 fully saturated rings. The molecule has 0 aliphatic carbocycles. The number of hydrogen-bond donors (Lipinski definition) is 3. The van der Waals surface area contributed by atoms with Gasteiger partial charge in [-0.3, -0.25) is 0 Å². The molecule has 0 aliphatic heterocycles. The van der Waals surface area contributed by atoms with Crippen LogP contribution in [0.5, 0.6) is 0 Å². The zero-order valence-corrected chi connectivity index (χ0v) is 10.4. The Bertz CT molecular complexity index is 323. The summed E-state index contributed by atoms with van der Waals surface area (Å²) in [6, 6.07) is 1.61. The summed E-state index contributed by atoms with van der Waals surface area (Å²) in [7, 11) is 0. The van der Waals surface area contributed by atoms with Crippen molar-refractivity contribution >= 4 is 27.7 Å². The van der Waals surface area contributed by atoms with Crippen LogP contribution in [0.1, 0.15) is 20.3 Å². The van der Waals surface area contributed by atoms with Gasteiger partial charge in [0.15, 0.2) is 0 Å². The first kappa shape index (κ1) is 12.2. The number of hydrogen-bond acceptors (Lipinski definition) is 5. The summed E-state index contributed by atoms with van der Waals surface area (Å²) in [6.45, 7) is 4.05. The van der Waals surface area contributed by atoms with Crippen LogP contribution < -0.4 is 11.1 Å². The van der Waals surface area contributed by atoms with Gasteiger partial charge in [-0.2, -0.15) is 4.98 Å². The molecule has 1 unspecified atom stereocenters. The number of nitrogens with two attached hydrogens (primary N) is 1. The standard InChI is InChI=1S/C9H15BrN4O/c1-3-9(2,15)5-12-8-13-6(10)4-7(11)14-8/h4,15H,3,5H2,1-2H3,(H3,11,12,13,14). The highest BCUT2D eigenvalue weighted by atomic mass is 79.9. The number of anilines is 2. The van der Waals surface area contributed by atoms with E-state index in [1.54, 1.807) is 13.0 Å². The van der Waals surface area contributed by atoms with E-state index in [1.165, 1.54) is 0 Å². The van der Waals surface area contributed by atoms with Gasteiger partial charge in [-0.05, 0) is 29.3 Å². The second-order valence-corrected chi connectivity index (χ2v) is 4.46. The molecule has 1 atom stereocenters. The van der Waals surface area contributed by atoms with Gasteiger partial charge in [0.25, 0.3) is 0 Å². The number of halogens is 1. The van der Waals surface area contributed by atoms with Gasteiger partial charge in [0.05, 0.1) is 5.60 Å². The molecule has 15 heavy (non-hydrogen) atoms. The van der Waals surface area contributed by atoms with Crippen LogP contribution >= 0.6 is 15.9 Å². The molecule has 0 amide bonds. The van der Waals surface area contributed by atoms with Gasteiger partial charge in [-0.15, -0.1) is 0 Å². The Morgan fingerprint density at radius 1 is 1.60 bits per heavy atom. The van der Waals surface area contributed by atoms with E-state index in [0.717, 1.165) is 0 Å². The first-order valence-electron chi connectivity index (χ1n) is 4.69. The van der Waals surface area contributed by atoms with Crippen LogP contribution in [0.4, 0.5) is 11.8 Å². The van der Waals surface area contributed by atoms with Crippen LogP contribution in [0.2, 0.25) is 0 Å². The van der Waals surface area contributed by atoms with Crippen molar-refractivity contribution in [2.45, 2.75) is 25.9 Å². The number of aliphatic hydroxyl groups is 1. The minimum Gasteiger partial charge on any atom is -0.388 e. The first-order chi connectivity index (χ1) is 6.93. The molecule has 4 N–H and O–H groups in total. The fourth-order valence-corrected chi connectivity index (χ4v) is 1.31. The van der Waals surface area contributed by atoms with Gasteiger partial charge >= 0.3 is 0 Å². The lowest BCUT2D eigenvalue weighted by Crippen LogP contribution is -2.32. The summed E-state index contributed by atoms with van der Waals surface area (Å²) < 4.78 is 0.619. The van der Waals surface area contributed by atoms with Crippen molar-refractivity contribution < 1.29 is 5.11 Å². The fraction of sp³-hybridized carbons (Fsp3) is 0.556. The zero-order chi connectivity index (χ0) is 11.5. The van der Waals surface area contributed by atoms with Crippen molar-refractivity contribution in [3.63, 3.8) is 0 Å². The Balaban J connectivity index is 2.65. The summed E-state index contributed by atoms with van der Waals surface area (Å²) in [5.41, 5.74) is 4.78. The zero-order valence-electron chi connectivity index (χ0n) is 8.79. The molecule has 1 heterocycles. The summed E-state index contributed by atoms with van der Waals surface area (Å²) in [4.78, 5) is 8.06. The Morgan fingerprint density at radius 2 is 2.27 bits per heavy atom. The maximum absolute atomic E-state index is 9.76. The molecular formula is C9H15BrN4O. The van der Waals surface area contributed by atoms with Crippen LogP contribution in [0.25, 0.3) is 0 Å². The molecule has 0 aliphatic rings. The van der Waals surface area contributed by atoms with E-state index in [9.17, 15) is 5.11 Å². The van der Waals surface area contributed by atoms with Crippen molar-refractivity contribution in [2.24, 2.45) is 0 Å². The Morgan fingerprint density at radius 3 is 2.80 bits per heavy atom. The van der Waals surface area contributed by atoms with Crippen molar-refractivity contribution in [1.82, 2.24) is 9.97 Å². The molecular weight excluding hydrogens is 260 g/mol. The molecule has 1 aromatic heterocycles.